The molecule has 0 aliphatic carbocycles. The second-order valence-electron chi connectivity index (χ2n) is 3.76. The van der Waals surface area contributed by atoms with Crippen molar-refractivity contribution >= 4 is 0 Å². The number of aryl methyl sites for hydroxylation is 2. The predicted octanol–water partition coefficient (Wildman–Crippen LogP) is 1.40. The summed E-state index contributed by atoms with van der Waals surface area (Å²) in [5.41, 5.74) is 1.91. The van der Waals surface area contributed by atoms with Crippen molar-refractivity contribution in [2.75, 3.05) is 0 Å². The molecule has 4 N–H and O–H groups in total. The number of aromatic hydroxyl groups is 2. The minimum Gasteiger partial charge on any atom is -0.507 e. The molecule has 1 aromatic heterocycles. The van der Waals surface area contributed by atoms with Crippen LogP contribution < -0.4 is 5.69 Å². The van der Waals surface area contributed by atoms with E-state index in [9.17, 15) is 15.0 Å². The van der Waals surface area contributed by atoms with E-state index in [-0.39, 0.29) is 11.6 Å². The summed E-state index contributed by atoms with van der Waals surface area (Å²) in [5.74, 6) is 0.0237. The summed E-state index contributed by atoms with van der Waals surface area (Å²) in [7, 11) is 0. The monoisotopic (exact) mass is 220 g/mol. The van der Waals surface area contributed by atoms with Crippen LogP contribution in [-0.2, 0) is 0 Å². The lowest BCUT2D eigenvalue weighted by molar-refractivity contribution is 0.457. The number of H-pyrrole nitrogens is 2. The van der Waals surface area contributed by atoms with Gasteiger partial charge < -0.3 is 15.2 Å². The molecule has 5 nitrogen and oxygen atoms in total. The van der Waals surface area contributed by atoms with Crippen LogP contribution in [0.1, 0.15) is 11.1 Å². The van der Waals surface area contributed by atoms with Crippen molar-refractivity contribution in [3.05, 3.63) is 33.7 Å². The Morgan fingerprint density at radius 1 is 1.06 bits per heavy atom. The SMILES string of the molecule is Cc1cc(-c2[nH]c(=O)[nH]c2O)cc(C)c1O. The van der Waals surface area contributed by atoms with Gasteiger partial charge in [0.05, 0.1) is 0 Å². The highest BCUT2D eigenvalue weighted by Crippen LogP contribution is 2.30. The van der Waals surface area contributed by atoms with Gasteiger partial charge in [0, 0.05) is 5.56 Å². The van der Waals surface area contributed by atoms with Gasteiger partial charge in [0.2, 0.25) is 5.88 Å². The minimum atomic E-state index is -0.462. The van der Waals surface area contributed by atoms with Crippen LogP contribution in [0.3, 0.4) is 0 Å². The number of aromatic amines is 2. The lowest BCUT2D eigenvalue weighted by Gasteiger charge is -2.06. The normalized spacial score (nSPS) is 10.6. The third kappa shape index (κ3) is 1.56. The van der Waals surface area contributed by atoms with Gasteiger partial charge in [0.25, 0.3) is 0 Å². The molecular weight excluding hydrogens is 208 g/mol. The molecule has 0 fully saturated rings. The van der Waals surface area contributed by atoms with Crippen LogP contribution in [0.4, 0.5) is 0 Å². The average Bonchev–Trinajstić information content (AvgIpc) is 2.53. The maximum absolute atomic E-state index is 11.0. The number of aromatic nitrogens is 2. The first-order valence-corrected chi connectivity index (χ1v) is 4.81. The van der Waals surface area contributed by atoms with E-state index in [0.717, 1.165) is 0 Å². The smallest absolute Gasteiger partial charge is 0.326 e. The minimum absolute atomic E-state index is 0.200. The molecule has 0 unspecified atom stereocenters. The number of phenols is 1. The number of benzene rings is 1. The van der Waals surface area contributed by atoms with Crippen molar-refractivity contribution in [2.24, 2.45) is 0 Å². The van der Waals surface area contributed by atoms with Gasteiger partial charge in [0.15, 0.2) is 0 Å². The summed E-state index contributed by atoms with van der Waals surface area (Å²) in [6.45, 7) is 3.52. The largest absolute Gasteiger partial charge is 0.507 e. The van der Waals surface area contributed by atoms with E-state index in [1.165, 1.54) is 0 Å². The Bertz CT molecular complexity index is 573. The summed E-state index contributed by atoms with van der Waals surface area (Å²) < 4.78 is 0. The highest BCUT2D eigenvalue weighted by Gasteiger charge is 2.11. The fourth-order valence-corrected chi connectivity index (χ4v) is 1.68. The Morgan fingerprint density at radius 2 is 1.62 bits per heavy atom. The fraction of sp³-hybridized carbons (Fsp3) is 0.182. The zero-order valence-electron chi connectivity index (χ0n) is 8.96. The van der Waals surface area contributed by atoms with Crippen molar-refractivity contribution in [2.45, 2.75) is 13.8 Å². The second kappa shape index (κ2) is 3.44. The quantitative estimate of drug-likeness (QED) is 0.585. The highest BCUT2D eigenvalue weighted by molar-refractivity contribution is 5.67. The Labute approximate surface area is 91.4 Å². The maximum Gasteiger partial charge on any atom is 0.326 e. The number of rotatable bonds is 1. The van der Waals surface area contributed by atoms with E-state index in [0.29, 0.717) is 22.4 Å². The van der Waals surface area contributed by atoms with Crippen molar-refractivity contribution in [3.63, 3.8) is 0 Å². The van der Waals surface area contributed by atoms with E-state index in [1.807, 2.05) is 0 Å². The first-order chi connectivity index (χ1) is 7.49. The Hall–Kier alpha value is -2.17. The van der Waals surface area contributed by atoms with Gasteiger partial charge in [-0.15, -0.1) is 0 Å². The molecule has 0 radical (unpaired) electrons. The Kier molecular flexibility index (Phi) is 2.23. The first-order valence-electron chi connectivity index (χ1n) is 4.81. The zero-order chi connectivity index (χ0) is 11.9. The molecule has 0 amide bonds. The van der Waals surface area contributed by atoms with Crippen LogP contribution in [0.2, 0.25) is 0 Å². The first kappa shape index (κ1) is 10.4. The molecule has 0 aliphatic rings. The molecule has 84 valence electrons. The van der Waals surface area contributed by atoms with Crippen LogP contribution in [-0.4, -0.2) is 20.2 Å². The molecule has 16 heavy (non-hydrogen) atoms. The Morgan fingerprint density at radius 3 is 2.06 bits per heavy atom. The lowest BCUT2D eigenvalue weighted by atomic mass is 10.0. The molecule has 0 bridgehead atoms. The maximum atomic E-state index is 11.0. The molecular formula is C11H12N2O3. The van der Waals surface area contributed by atoms with E-state index in [1.54, 1.807) is 26.0 Å². The Balaban J connectivity index is 2.65. The molecule has 0 atom stereocenters. The third-order valence-electron chi connectivity index (χ3n) is 2.49. The number of imidazole rings is 1. The fourth-order valence-electron chi connectivity index (χ4n) is 1.68. The molecule has 2 rings (SSSR count). The van der Waals surface area contributed by atoms with Gasteiger partial charge in [-0.05, 0) is 37.1 Å². The summed E-state index contributed by atoms with van der Waals surface area (Å²) in [6, 6.07) is 3.39. The van der Waals surface area contributed by atoms with Crippen LogP contribution >= 0.6 is 0 Å². The molecule has 0 saturated carbocycles. The number of hydrogen-bond donors (Lipinski definition) is 4. The van der Waals surface area contributed by atoms with Crippen molar-refractivity contribution in [1.82, 2.24) is 9.97 Å². The molecule has 2 aromatic rings. The average molecular weight is 220 g/mol. The standard InChI is InChI=1S/C11H12N2O3/c1-5-3-7(4-6(2)9(5)14)8-10(15)13-11(16)12-8/h3-4,14-15H,1-2H3,(H2,12,13,16). The van der Waals surface area contributed by atoms with Gasteiger partial charge in [0.1, 0.15) is 11.4 Å². The van der Waals surface area contributed by atoms with Crippen molar-refractivity contribution in [3.8, 4) is 22.9 Å². The molecule has 0 aliphatic heterocycles. The number of hydrogen-bond acceptors (Lipinski definition) is 3. The van der Waals surface area contributed by atoms with Gasteiger partial charge >= 0.3 is 5.69 Å². The summed E-state index contributed by atoms with van der Waals surface area (Å²) >= 11 is 0. The molecule has 0 spiro atoms. The van der Waals surface area contributed by atoms with Crippen LogP contribution in [0.25, 0.3) is 11.3 Å². The summed E-state index contributed by atoms with van der Waals surface area (Å²) in [5, 5.41) is 19.1. The number of nitrogens with one attached hydrogen (secondary N) is 2. The van der Waals surface area contributed by atoms with Crippen molar-refractivity contribution < 1.29 is 10.2 Å². The van der Waals surface area contributed by atoms with E-state index < -0.39 is 5.69 Å². The van der Waals surface area contributed by atoms with Crippen LogP contribution in [0.5, 0.6) is 11.6 Å². The van der Waals surface area contributed by atoms with Crippen LogP contribution in [0.15, 0.2) is 16.9 Å². The van der Waals surface area contributed by atoms with Gasteiger partial charge in [-0.2, -0.15) is 0 Å². The van der Waals surface area contributed by atoms with E-state index in [4.69, 9.17) is 0 Å². The van der Waals surface area contributed by atoms with E-state index in [2.05, 4.69) is 9.97 Å². The van der Waals surface area contributed by atoms with E-state index >= 15 is 0 Å². The topological polar surface area (TPSA) is 89.1 Å². The molecule has 0 saturated heterocycles. The highest BCUT2D eigenvalue weighted by atomic mass is 16.3. The third-order valence-corrected chi connectivity index (χ3v) is 2.49. The molecule has 5 heteroatoms. The number of phenolic OH excluding ortho intramolecular Hbond substituents is 1. The van der Waals surface area contributed by atoms with Gasteiger partial charge in [-0.25, -0.2) is 4.79 Å². The molecule has 1 aromatic carbocycles. The van der Waals surface area contributed by atoms with Gasteiger partial charge in [-0.3, -0.25) is 4.98 Å². The summed E-state index contributed by atoms with van der Waals surface area (Å²) in [6.07, 6.45) is 0. The van der Waals surface area contributed by atoms with Gasteiger partial charge in [-0.1, -0.05) is 0 Å². The summed E-state index contributed by atoms with van der Waals surface area (Å²) in [4.78, 5) is 15.7. The zero-order valence-corrected chi connectivity index (χ0v) is 8.96. The predicted molar refractivity (Wildman–Crippen MR) is 59.7 cm³/mol. The second-order valence-corrected chi connectivity index (χ2v) is 3.76. The lowest BCUT2D eigenvalue weighted by Crippen LogP contribution is -2.00. The van der Waals surface area contributed by atoms with Crippen LogP contribution in [0, 0.1) is 13.8 Å². The van der Waals surface area contributed by atoms with Crippen molar-refractivity contribution in [1.29, 1.82) is 0 Å². The molecule has 1 heterocycles.